The number of aromatic nitrogens is 3. The summed E-state index contributed by atoms with van der Waals surface area (Å²) < 4.78 is 14.8. The Balaban J connectivity index is 1.73. The van der Waals surface area contributed by atoms with Crippen molar-refractivity contribution in [1.29, 1.82) is 0 Å². The van der Waals surface area contributed by atoms with Gasteiger partial charge in [0.1, 0.15) is 5.82 Å². The highest BCUT2D eigenvalue weighted by Gasteiger charge is 2.10. The highest BCUT2D eigenvalue weighted by molar-refractivity contribution is 5.94. The topological polar surface area (TPSA) is 59.8 Å². The maximum Gasteiger partial charge on any atom is 0.251 e. The number of carbonyl (C=O) groups excluding carboxylic acids is 1. The number of nitrogens with zero attached hydrogens (tertiary/aromatic N) is 3. The molecule has 22 heavy (non-hydrogen) atoms. The molecule has 0 fully saturated rings. The zero-order chi connectivity index (χ0) is 15.4. The van der Waals surface area contributed by atoms with Crippen LogP contribution in [0.25, 0.3) is 5.69 Å². The van der Waals surface area contributed by atoms with Crippen LogP contribution < -0.4 is 5.32 Å². The number of hydrogen-bond donors (Lipinski definition) is 1. The molecule has 0 saturated carbocycles. The normalized spacial score (nSPS) is 10.4. The van der Waals surface area contributed by atoms with Crippen molar-refractivity contribution in [2.24, 2.45) is 0 Å². The molecule has 110 valence electrons. The number of benzene rings is 2. The number of hydrogen-bond acceptors (Lipinski definition) is 3. The number of nitrogens with one attached hydrogen (secondary N) is 1. The molecule has 0 bridgehead atoms. The van der Waals surface area contributed by atoms with Crippen molar-refractivity contribution < 1.29 is 9.18 Å². The molecule has 3 rings (SSSR count). The summed E-state index contributed by atoms with van der Waals surface area (Å²) in [7, 11) is 0. The van der Waals surface area contributed by atoms with Gasteiger partial charge >= 0.3 is 0 Å². The van der Waals surface area contributed by atoms with E-state index in [9.17, 15) is 9.18 Å². The molecule has 0 aliphatic rings. The Hall–Kier alpha value is -3.02. The third kappa shape index (κ3) is 3.01. The van der Waals surface area contributed by atoms with Crippen LogP contribution in [0.2, 0.25) is 0 Å². The van der Waals surface area contributed by atoms with Gasteiger partial charge in [-0.15, -0.1) is 5.10 Å². The van der Waals surface area contributed by atoms with Crippen LogP contribution in [0.3, 0.4) is 0 Å². The molecule has 0 radical (unpaired) electrons. The monoisotopic (exact) mass is 296 g/mol. The lowest BCUT2D eigenvalue weighted by molar-refractivity contribution is 0.0949. The minimum Gasteiger partial charge on any atom is -0.346 e. The summed E-state index contributed by atoms with van der Waals surface area (Å²) in [4.78, 5) is 12.0. The van der Waals surface area contributed by atoms with Crippen molar-refractivity contribution in [3.05, 3.63) is 77.9 Å². The fraction of sp³-hybridized carbons (Fsp3) is 0.0625. The summed E-state index contributed by atoms with van der Waals surface area (Å²) in [6.07, 6.45) is 1.58. The van der Waals surface area contributed by atoms with E-state index in [2.05, 4.69) is 15.6 Å². The van der Waals surface area contributed by atoms with Crippen LogP contribution in [-0.2, 0) is 6.54 Å². The lowest BCUT2D eigenvalue weighted by Gasteiger charge is -2.07. The maximum atomic E-state index is 13.1. The average Bonchev–Trinajstić information content (AvgIpc) is 3.02. The molecule has 0 unspecified atom stereocenters. The lowest BCUT2D eigenvalue weighted by Crippen LogP contribution is -2.24. The second-order valence-electron chi connectivity index (χ2n) is 4.67. The van der Waals surface area contributed by atoms with Gasteiger partial charge in [0.2, 0.25) is 0 Å². The standard InChI is InChI=1S/C16H13FN4O/c17-13-6-4-5-12(9-13)16(22)18-10-15-11-19-20-21(15)14-7-2-1-3-8-14/h1-9,11H,10H2,(H,18,22). The van der Waals surface area contributed by atoms with Gasteiger partial charge < -0.3 is 5.32 Å². The smallest absolute Gasteiger partial charge is 0.251 e. The van der Waals surface area contributed by atoms with E-state index < -0.39 is 5.82 Å². The second kappa shape index (κ2) is 6.17. The number of rotatable bonds is 4. The molecule has 1 N–H and O–H groups in total. The van der Waals surface area contributed by atoms with E-state index >= 15 is 0 Å². The Morgan fingerprint density at radius 2 is 1.95 bits per heavy atom. The summed E-state index contributed by atoms with van der Waals surface area (Å²) in [5, 5.41) is 10.6. The van der Waals surface area contributed by atoms with Crippen molar-refractivity contribution in [3.8, 4) is 5.69 Å². The summed E-state index contributed by atoms with van der Waals surface area (Å²) in [6.45, 7) is 0.247. The molecule has 0 spiro atoms. The number of carbonyl (C=O) groups is 1. The Bertz CT molecular complexity index is 786. The maximum absolute atomic E-state index is 13.1. The number of para-hydroxylation sites is 1. The van der Waals surface area contributed by atoms with Gasteiger partial charge in [-0.05, 0) is 30.3 Å². The molecular formula is C16H13FN4O. The molecule has 5 nitrogen and oxygen atoms in total. The van der Waals surface area contributed by atoms with Crippen LogP contribution in [-0.4, -0.2) is 20.9 Å². The summed E-state index contributed by atoms with van der Waals surface area (Å²) in [6, 6.07) is 15.0. The van der Waals surface area contributed by atoms with Crippen LogP contribution in [0.15, 0.2) is 60.8 Å². The molecule has 0 aliphatic heterocycles. The van der Waals surface area contributed by atoms with Gasteiger partial charge in [-0.3, -0.25) is 4.79 Å². The third-order valence-electron chi connectivity index (χ3n) is 3.14. The van der Waals surface area contributed by atoms with Gasteiger partial charge in [-0.2, -0.15) is 0 Å². The fourth-order valence-corrected chi connectivity index (χ4v) is 2.07. The van der Waals surface area contributed by atoms with Gasteiger partial charge in [0.05, 0.1) is 24.1 Å². The Morgan fingerprint density at radius 1 is 1.14 bits per heavy atom. The first-order valence-corrected chi connectivity index (χ1v) is 6.73. The Labute approximate surface area is 126 Å². The largest absolute Gasteiger partial charge is 0.346 e. The van der Waals surface area contributed by atoms with E-state index in [1.807, 2.05) is 30.3 Å². The molecule has 1 amide bonds. The molecule has 6 heteroatoms. The average molecular weight is 296 g/mol. The molecule has 0 aliphatic carbocycles. The molecule has 0 saturated heterocycles. The molecule has 3 aromatic rings. The summed E-state index contributed by atoms with van der Waals surface area (Å²) >= 11 is 0. The van der Waals surface area contributed by atoms with Crippen molar-refractivity contribution in [1.82, 2.24) is 20.3 Å². The van der Waals surface area contributed by atoms with Gasteiger partial charge in [-0.25, -0.2) is 9.07 Å². The zero-order valence-corrected chi connectivity index (χ0v) is 11.6. The van der Waals surface area contributed by atoms with E-state index in [1.165, 1.54) is 18.2 Å². The van der Waals surface area contributed by atoms with Gasteiger partial charge in [0.25, 0.3) is 5.91 Å². The van der Waals surface area contributed by atoms with E-state index in [0.29, 0.717) is 0 Å². The Morgan fingerprint density at radius 3 is 2.73 bits per heavy atom. The van der Waals surface area contributed by atoms with E-state index in [0.717, 1.165) is 11.4 Å². The minimum absolute atomic E-state index is 0.247. The molecule has 2 aromatic carbocycles. The quantitative estimate of drug-likeness (QED) is 0.804. The van der Waals surface area contributed by atoms with E-state index in [1.54, 1.807) is 16.9 Å². The predicted octanol–water partition coefficient (Wildman–Crippen LogP) is 2.34. The first kappa shape index (κ1) is 13.9. The lowest BCUT2D eigenvalue weighted by atomic mass is 10.2. The second-order valence-corrected chi connectivity index (χ2v) is 4.67. The van der Waals surface area contributed by atoms with Crippen LogP contribution >= 0.6 is 0 Å². The van der Waals surface area contributed by atoms with Crippen molar-refractivity contribution in [2.45, 2.75) is 6.54 Å². The minimum atomic E-state index is -0.441. The van der Waals surface area contributed by atoms with E-state index in [-0.39, 0.29) is 18.0 Å². The SMILES string of the molecule is O=C(NCc1cnnn1-c1ccccc1)c1cccc(F)c1. The predicted molar refractivity (Wildman–Crippen MR) is 78.9 cm³/mol. The molecule has 1 heterocycles. The van der Waals surface area contributed by atoms with Gasteiger partial charge in [0.15, 0.2) is 0 Å². The number of halogens is 1. The van der Waals surface area contributed by atoms with Crippen molar-refractivity contribution in [3.63, 3.8) is 0 Å². The van der Waals surface area contributed by atoms with Gasteiger partial charge in [-0.1, -0.05) is 29.5 Å². The van der Waals surface area contributed by atoms with Crippen molar-refractivity contribution in [2.75, 3.05) is 0 Å². The Kier molecular flexibility index (Phi) is 3.91. The van der Waals surface area contributed by atoms with Crippen molar-refractivity contribution >= 4 is 5.91 Å². The third-order valence-corrected chi connectivity index (χ3v) is 3.14. The first-order valence-electron chi connectivity index (χ1n) is 6.73. The van der Waals surface area contributed by atoms with Crippen LogP contribution in [0.1, 0.15) is 16.1 Å². The summed E-state index contributed by atoms with van der Waals surface area (Å²) in [5.74, 6) is -0.788. The van der Waals surface area contributed by atoms with Crippen LogP contribution in [0, 0.1) is 5.82 Å². The van der Waals surface area contributed by atoms with E-state index in [4.69, 9.17) is 0 Å². The first-order chi connectivity index (χ1) is 10.7. The highest BCUT2D eigenvalue weighted by Crippen LogP contribution is 2.09. The zero-order valence-electron chi connectivity index (χ0n) is 11.6. The summed E-state index contributed by atoms with van der Waals surface area (Å²) in [5.41, 5.74) is 1.87. The molecule has 0 atom stereocenters. The molecular weight excluding hydrogens is 283 g/mol. The number of amides is 1. The van der Waals surface area contributed by atoms with Crippen LogP contribution in [0.5, 0.6) is 0 Å². The molecule has 1 aromatic heterocycles. The van der Waals surface area contributed by atoms with Crippen LogP contribution in [0.4, 0.5) is 4.39 Å². The van der Waals surface area contributed by atoms with Gasteiger partial charge in [0, 0.05) is 5.56 Å². The highest BCUT2D eigenvalue weighted by atomic mass is 19.1. The fourth-order valence-electron chi connectivity index (χ4n) is 2.07.